The summed E-state index contributed by atoms with van der Waals surface area (Å²) >= 11 is 0. The van der Waals surface area contributed by atoms with Crippen LogP contribution >= 0.6 is 22.9 Å². The first-order chi connectivity index (χ1) is 8.87. The molecule has 0 saturated heterocycles. The van der Waals surface area contributed by atoms with Crippen molar-refractivity contribution in [2.45, 2.75) is 0 Å². The van der Waals surface area contributed by atoms with Crippen molar-refractivity contribution in [3.8, 4) is 0 Å². The fourth-order valence-corrected chi connectivity index (χ4v) is 11.0. The van der Waals surface area contributed by atoms with Crippen LogP contribution in [0.1, 0.15) is 0 Å². The topological polar surface area (TPSA) is 86.5 Å². The largest absolute Gasteiger partial charge is 0.347 e. The molecule has 1 aliphatic heterocycles. The first-order valence-electron chi connectivity index (χ1n) is 5.25. The summed E-state index contributed by atoms with van der Waals surface area (Å²) in [5.41, 5.74) is 0. The standard InChI is InChI=1S/C7H21N4O5P3/c1-11(2)17(12-3)8-18(13-4,14-5)10-19(9-17,15-6)16-7/h1-7H3. The van der Waals surface area contributed by atoms with E-state index in [1.165, 1.54) is 35.5 Å². The van der Waals surface area contributed by atoms with Crippen molar-refractivity contribution >= 4 is 22.9 Å². The molecule has 0 saturated carbocycles. The molecule has 0 spiro atoms. The van der Waals surface area contributed by atoms with E-state index in [2.05, 4.69) is 13.5 Å². The fraction of sp³-hybridized carbons (Fsp3) is 1.00. The van der Waals surface area contributed by atoms with Crippen LogP contribution in [-0.2, 0) is 22.6 Å². The van der Waals surface area contributed by atoms with E-state index in [-0.39, 0.29) is 0 Å². The Bertz CT molecular complexity index is 464. The van der Waals surface area contributed by atoms with Crippen molar-refractivity contribution in [1.82, 2.24) is 4.67 Å². The predicted molar refractivity (Wildman–Crippen MR) is 76.8 cm³/mol. The molecular weight excluding hydrogens is 313 g/mol. The van der Waals surface area contributed by atoms with Gasteiger partial charge in [0.1, 0.15) is 0 Å². The maximum Gasteiger partial charge on any atom is 0.347 e. The van der Waals surface area contributed by atoms with Crippen LogP contribution in [0, 0.1) is 0 Å². The summed E-state index contributed by atoms with van der Waals surface area (Å²) < 4.78 is 42.2. The quantitative estimate of drug-likeness (QED) is 0.689. The molecule has 1 atom stereocenters. The van der Waals surface area contributed by atoms with Gasteiger partial charge in [0.05, 0.1) is 0 Å². The molecule has 1 rings (SSSR count). The van der Waals surface area contributed by atoms with Gasteiger partial charge in [-0.3, -0.25) is 0 Å². The second-order valence-electron chi connectivity index (χ2n) is 3.52. The highest BCUT2D eigenvalue weighted by Gasteiger charge is 2.40. The van der Waals surface area contributed by atoms with Gasteiger partial charge in [-0.1, -0.05) is 0 Å². The Morgan fingerprint density at radius 3 is 1.37 bits per heavy atom. The first-order valence-corrected chi connectivity index (χ1v) is 9.87. The van der Waals surface area contributed by atoms with Crippen LogP contribution in [0.5, 0.6) is 0 Å². The Morgan fingerprint density at radius 2 is 1.05 bits per heavy atom. The van der Waals surface area contributed by atoms with Gasteiger partial charge in [0, 0.05) is 35.5 Å². The van der Waals surface area contributed by atoms with E-state index in [9.17, 15) is 0 Å². The first kappa shape index (κ1) is 17.5. The van der Waals surface area contributed by atoms with E-state index in [1.807, 2.05) is 14.1 Å². The molecule has 9 nitrogen and oxygen atoms in total. The minimum Gasteiger partial charge on any atom is -0.319 e. The van der Waals surface area contributed by atoms with Gasteiger partial charge in [-0.2, -0.15) is 9.03 Å². The van der Waals surface area contributed by atoms with Crippen LogP contribution in [0.3, 0.4) is 0 Å². The van der Waals surface area contributed by atoms with Crippen LogP contribution in [0.2, 0.25) is 0 Å². The van der Waals surface area contributed by atoms with Crippen LogP contribution < -0.4 is 0 Å². The normalized spacial score (nSPS) is 28.4. The lowest BCUT2D eigenvalue weighted by Crippen LogP contribution is -2.10. The molecular formula is C7H21N4O5P3. The lowest BCUT2D eigenvalue weighted by molar-refractivity contribution is 0.310. The van der Waals surface area contributed by atoms with Crippen molar-refractivity contribution in [2.75, 3.05) is 49.6 Å². The van der Waals surface area contributed by atoms with Gasteiger partial charge in [0.2, 0.25) is 0 Å². The average molecular weight is 334 g/mol. The maximum atomic E-state index is 5.54. The Hall–Kier alpha value is 0.450. The van der Waals surface area contributed by atoms with Crippen LogP contribution in [0.25, 0.3) is 0 Å². The summed E-state index contributed by atoms with van der Waals surface area (Å²) in [6.45, 7) is 0. The van der Waals surface area contributed by atoms with Gasteiger partial charge in [-0.05, 0) is 14.1 Å². The highest BCUT2D eigenvalue weighted by molar-refractivity contribution is 7.79. The third kappa shape index (κ3) is 3.21. The van der Waals surface area contributed by atoms with Gasteiger partial charge in [0.25, 0.3) is 7.58 Å². The molecule has 0 aromatic heterocycles. The van der Waals surface area contributed by atoms with Crippen LogP contribution in [0.4, 0.5) is 0 Å². The summed E-state index contributed by atoms with van der Waals surface area (Å²) in [5.74, 6) is 0. The van der Waals surface area contributed by atoms with Gasteiger partial charge in [-0.25, -0.2) is 4.67 Å². The highest BCUT2D eigenvalue weighted by Crippen LogP contribution is 2.79. The maximum absolute atomic E-state index is 5.54. The van der Waals surface area contributed by atoms with Crippen molar-refractivity contribution in [1.29, 1.82) is 0 Å². The van der Waals surface area contributed by atoms with Crippen molar-refractivity contribution < 1.29 is 22.6 Å². The van der Waals surface area contributed by atoms with E-state index < -0.39 is 22.9 Å². The Labute approximate surface area is 114 Å². The molecule has 0 N–H and O–H groups in total. The predicted octanol–water partition coefficient (Wildman–Crippen LogP) is 3.63. The number of hydrogen-bond donors (Lipinski definition) is 0. The summed E-state index contributed by atoms with van der Waals surface area (Å²) in [4.78, 5) is 0. The smallest absolute Gasteiger partial charge is 0.319 e. The lowest BCUT2D eigenvalue weighted by Gasteiger charge is -2.33. The van der Waals surface area contributed by atoms with Crippen molar-refractivity contribution in [2.24, 2.45) is 13.5 Å². The SMILES string of the molecule is COP1(OC)=NP(OC)(OC)=NP(OC)(N(C)C)=N1. The summed E-state index contributed by atoms with van der Waals surface area (Å²) in [6.07, 6.45) is 0. The Morgan fingerprint density at radius 1 is 0.632 bits per heavy atom. The second kappa shape index (κ2) is 6.48. The van der Waals surface area contributed by atoms with E-state index in [0.717, 1.165) is 0 Å². The molecule has 0 bridgehead atoms. The molecule has 114 valence electrons. The molecule has 0 radical (unpaired) electrons. The molecule has 0 aliphatic carbocycles. The molecule has 0 aromatic rings. The Balaban J connectivity index is 3.72. The summed E-state index contributed by atoms with van der Waals surface area (Å²) in [5, 5.41) is 0. The van der Waals surface area contributed by atoms with E-state index in [4.69, 9.17) is 22.6 Å². The number of rotatable bonds is 6. The summed E-state index contributed by atoms with van der Waals surface area (Å²) in [6, 6.07) is 0. The average Bonchev–Trinajstić information content (AvgIpc) is 2.46. The van der Waals surface area contributed by atoms with Crippen molar-refractivity contribution in [3.05, 3.63) is 0 Å². The monoisotopic (exact) mass is 334 g/mol. The van der Waals surface area contributed by atoms with E-state index in [0.29, 0.717) is 0 Å². The fourth-order valence-electron chi connectivity index (χ4n) is 1.33. The van der Waals surface area contributed by atoms with E-state index in [1.54, 1.807) is 4.67 Å². The molecule has 1 unspecified atom stereocenters. The highest BCUT2D eigenvalue weighted by atomic mass is 31.3. The molecule has 0 amide bonds. The Kier molecular flexibility index (Phi) is 5.97. The van der Waals surface area contributed by atoms with Gasteiger partial charge >= 0.3 is 15.3 Å². The lowest BCUT2D eigenvalue weighted by atomic mass is 11.3. The van der Waals surface area contributed by atoms with E-state index >= 15 is 0 Å². The molecule has 0 aromatic carbocycles. The summed E-state index contributed by atoms with van der Waals surface area (Å²) in [7, 11) is 2.71. The minimum atomic E-state index is -2.86. The van der Waals surface area contributed by atoms with Gasteiger partial charge < -0.3 is 22.6 Å². The zero-order valence-electron chi connectivity index (χ0n) is 12.2. The third-order valence-corrected chi connectivity index (χ3v) is 11.3. The molecule has 1 heterocycles. The third-order valence-electron chi connectivity index (χ3n) is 2.40. The number of hydrogen-bond acceptors (Lipinski definition) is 9. The zero-order chi connectivity index (χ0) is 14.7. The molecule has 0 fully saturated rings. The van der Waals surface area contributed by atoms with Gasteiger partial charge in [0.15, 0.2) is 0 Å². The van der Waals surface area contributed by atoms with Gasteiger partial charge in [-0.15, -0.1) is 4.52 Å². The van der Waals surface area contributed by atoms with Crippen molar-refractivity contribution in [3.63, 3.8) is 0 Å². The van der Waals surface area contributed by atoms with Crippen LogP contribution in [0.15, 0.2) is 13.5 Å². The zero-order valence-corrected chi connectivity index (χ0v) is 14.9. The van der Waals surface area contributed by atoms with Crippen LogP contribution in [-0.4, -0.2) is 54.3 Å². The molecule has 12 heteroatoms. The minimum absolute atomic E-state index is 1.48. The molecule has 1 aliphatic rings. The molecule has 19 heavy (non-hydrogen) atoms. The number of nitrogens with zero attached hydrogens (tertiary/aromatic N) is 4. The second-order valence-corrected chi connectivity index (χ2v) is 11.3.